The van der Waals surface area contributed by atoms with E-state index in [4.69, 9.17) is 5.73 Å². The molecule has 0 bridgehead atoms. The Hall–Kier alpha value is -1.51. The van der Waals surface area contributed by atoms with Crippen LogP contribution in [0.1, 0.15) is 19.4 Å². The maximum absolute atomic E-state index is 5.66. The Kier molecular flexibility index (Phi) is 3.51. The summed E-state index contributed by atoms with van der Waals surface area (Å²) >= 11 is 0. The molecule has 0 saturated heterocycles. The van der Waals surface area contributed by atoms with Gasteiger partial charge in [-0.15, -0.1) is 0 Å². The normalized spacial score (nSPS) is 9.64. The Morgan fingerprint density at radius 3 is 2.86 bits per heavy atom. The van der Waals surface area contributed by atoms with Crippen LogP contribution < -0.4 is 11.1 Å². The van der Waals surface area contributed by atoms with E-state index in [9.17, 15) is 0 Å². The van der Waals surface area contributed by atoms with Crippen molar-refractivity contribution in [2.75, 3.05) is 17.6 Å². The summed E-state index contributed by atoms with van der Waals surface area (Å²) in [7, 11) is 0. The van der Waals surface area contributed by atoms with Gasteiger partial charge in [-0.05, 0) is 32.4 Å². The molecule has 0 aliphatic heterocycles. The van der Waals surface area contributed by atoms with Gasteiger partial charge in [0, 0.05) is 6.54 Å². The molecule has 3 nitrogen and oxygen atoms in total. The zero-order valence-corrected chi connectivity index (χ0v) is 8.96. The summed E-state index contributed by atoms with van der Waals surface area (Å²) in [5.74, 6) is 0.870. The number of rotatable bonds is 3. The number of aromatic nitrogens is 1. The van der Waals surface area contributed by atoms with E-state index in [2.05, 4.69) is 30.2 Å². The second-order valence-corrected chi connectivity index (χ2v) is 3.59. The molecule has 0 spiro atoms. The molecule has 0 fully saturated rings. The molecular formula is C11H17N3. The van der Waals surface area contributed by atoms with Crippen LogP contribution in [-0.4, -0.2) is 11.5 Å². The van der Waals surface area contributed by atoms with E-state index in [0.717, 1.165) is 23.6 Å². The average Bonchev–Trinajstić information content (AvgIpc) is 2.10. The number of anilines is 2. The zero-order valence-electron chi connectivity index (χ0n) is 8.96. The standard InChI is InChI=1S/C11H17N3/c1-8(2)4-5-13-11-6-9(3)10(12)7-14-11/h4,6-7H,5,12H2,1-3H3,(H,13,14). The maximum atomic E-state index is 5.66. The zero-order chi connectivity index (χ0) is 10.6. The lowest BCUT2D eigenvalue weighted by Crippen LogP contribution is -2.02. The van der Waals surface area contributed by atoms with Gasteiger partial charge < -0.3 is 11.1 Å². The Balaban J connectivity index is 2.60. The third kappa shape index (κ3) is 3.09. The first-order valence-electron chi connectivity index (χ1n) is 4.69. The van der Waals surface area contributed by atoms with Crippen molar-refractivity contribution in [3.63, 3.8) is 0 Å². The molecule has 14 heavy (non-hydrogen) atoms. The van der Waals surface area contributed by atoms with Gasteiger partial charge in [-0.25, -0.2) is 4.98 Å². The van der Waals surface area contributed by atoms with Crippen molar-refractivity contribution in [3.8, 4) is 0 Å². The minimum Gasteiger partial charge on any atom is -0.397 e. The first-order chi connectivity index (χ1) is 6.59. The van der Waals surface area contributed by atoms with Gasteiger partial charge in [-0.2, -0.15) is 0 Å². The Labute approximate surface area is 85.0 Å². The fraction of sp³-hybridized carbons (Fsp3) is 0.364. The van der Waals surface area contributed by atoms with Crippen LogP contribution in [0.2, 0.25) is 0 Å². The molecule has 0 aliphatic carbocycles. The number of hydrogen-bond donors (Lipinski definition) is 2. The van der Waals surface area contributed by atoms with E-state index >= 15 is 0 Å². The lowest BCUT2D eigenvalue weighted by molar-refractivity contribution is 1.19. The van der Waals surface area contributed by atoms with E-state index in [1.807, 2.05) is 13.0 Å². The number of nitrogens with one attached hydrogen (secondary N) is 1. The van der Waals surface area contributed by atoms with E-state index in [0.29, 0.717) is 0 Å². The van der Waals surface area contributed by atoms with Gasteiger partial charge in [0.2, 0.25) is 0 Å². The number of aryl methyl sites for hydroxylation is 1. The largest absolute Gasteiger partial charge is 0.397 e. The van der Waals surface area contributed by atoms with Crippen LogP contribution in [-0.2, 0) is 0 Å². The SMILES string of the molecule is CC(C)=CCNc1cc(C)c(N)cn1. The van der Waals surface area contributed by atoms with Gasteiger partial charge >= 0.3 is 0 Å². The predicted molar refractivity (Wildman–Crippen MR) is 61.3 cm³/mol. The molecule has 0 saturated carbocycles. The lowest BCUT2D eigenvalue weighted by atomic mass is 10.2. The van der Waals surface area contributed by atoms with Crippen LogP contribution in [0.25, 0.3) is 0 Å². The lowest BCUT2D eigenvalue weighted by Gasteiger charge is -2.05. The Morgan fingerprint density at radius 1 is 1.57 bits per heavy atom. The first-order valence-corrected chi connectivity index (χ1v) is 4.69. The molecule has 76 valence electrons. The fourth-order valence-corrected chi connectivity index (χ4v) is 1.02. The molecule has 0 unspecified atom stereocenters. The van der Waals surface area contributed by atoms with Gasteiger partial charge in [-0.3, -0.25) is 0 Å². The highest BCUT2D eigenvalue weighted by Crippen LogP contribution is 2.12. The van der Waals surface area contributed by atoms with Crippen molar-refractivity contribution in [2.45, 2.75) is 20.8 Å². The van der Waals surface area contributed by atoms with Crippen molar-refractivity contribution in [1.82, 2.24) is 4.98 Å². The van der Waals surface area contributed by atoms with Gasteiger partial charge in [-0.1, -0.05) is 11.6 Å². The van der Waals surface area contributed by atoms with Gasteiger partial charge in [0.15, 0.2) is 0 Å². The number of pyridine rings is 1. The summed E-state index contributed by atoms with van der Waals surface area (Å²) in [6, 6.07) is 1.95. The molecule has 1 rings (SSSR count). The van der Waals surface area contributed by atoms with E-state index in [-0.39, 0.29) is 0 Å². The molecule has 3 N–H and O–H groups in total. The molecule has 1 heterocycles. The van der Waals surface area contributed by atoms with Crippen molar-refractivity contribution in [1.29, 1.82) is 0 Å². The topological polar surface area (TPSA) is 50.9 Å². The highest BCUT2D eigenvalue weighted by Gasteiger charge is 1.96. The summed E-state index contributed by atoms with van der Waals surface area (Å²) in [4.78, 5) is 4.17. The van der Waals surface area contributed by atoms with Gasteiger partial charge in [0.1, 0.15) is 5.82 Å². The number of hydrogen-bond acceptors (Lipinski definition) is 3. The minimum absolute atomic E-state index is 0.734. The highest BCUT2D eigenvalue weighted by atomic mass is 15.0. The third-order valence-corrected chi connectivity index (χ3v) is 1.94. The molecule has 0 aliphatic rings. The van der Waals surface area contributed by atoms with Crippen molar-refractivity contribution in [2.24, 2.45) is 0 Å². The third-order valence-electron chi connectivity index (χ3n) is 1.94. The predicted octanol–water partition coefficient (Wildman–Crippen LogP) is 2.35. The number of allylic oxidation sites excluding steroid dienone is 1. The Bertz CT molecular complexity index is 338. The molecule has 1 aromatic rings. The van der Waals surface area contributed by atoms with Crippen LogP contribution in [0.5, 0.6) is 0 Å². The first kappa shape index (κ1) is 10.6. The van der Waals surface area contributed by atoms with Crippen LogP contribution >= 0.6 is 0 Å². The van der Waals surface area contributed by atoms with Crippen LogP contribution in [0.15, 0.2) is 23.9 Å². The van der Waals surface area contributed by atoms with Gasteiger partial charge in [0.25, 0.3) is 0 Å². The molecule has 3 heteroatoms. The quantitative estimate of drug-likeness (QED) is 0.721. The smallest absolute Gasteiger partial charge is 0.126 e. The molecule has 0 atom stereocenters. The maximum Gasteiger partial charge on any atom is 0.126 e. The summed E-state index contributed by atoms with van der Waals surface area (Å²) in [5, 5.41) is 3.20. The fourth-order valence-electron chi connectivity index (χ4n) is 1.02. The minimum atomic E-state index is 0.734. The number of nitrogens with two attached hydrogens (primary N) is 1. The second kappa shape index (κ2) is 4.65. The molecule has 0 radical (unpaired) electrons. The van der Waals surface area contributed by atoms with E-state index in [1.165, 1.54) is 5.57 Å². The summed E-state index contributed by atoms with van der Waals surface area (Å²) in [6.45, 7) is 6.93. The highest BCUT2D eigenvalue weighted by molar-refractivity contribution is 5.50. The number of nitrogens with zero attached hydrogens (tertiary/aromatic N) is 1. The van der Waals surface area contributed by atoms with E-state index in [1.54, 1.807) is 6.20 Å². The molecule has 0 aromatic carbocycles. The summed E-state index contributed by atoms with van der Waals surface area (Å²) in [5.41, 5.74) is 8.75. The van der Waals surface area contributed by atoms with Crippen LogP contribution in [0.4, 0.5) is 11.5 Å². The molecule has 0 amide bonds. The van der Waals surface area contributed by atoms with Crippen molar-refractivity contribution < 1.29 is 0 Å². The molecular weight excluding hydrogens is 174 g/mol. The molecule has 1 aromatic heterocycles. The van der Waals surface area contributed by atoms with E-state index < -0.39 is 0 Å². The van der Waals surface area contributed by atoms with Crippen LogP contribution in [0, 0.1) is 6.92 Å². The van der Waals surface area contributed by atoms with Gasteiger partial charge in [0.05, 0.1) is 11.9 Å². The second-order valence-electron chi connectivity index (χ2n) is 3.59. The summed E-state index contributed by atoms with van der Waals surface area (Å²) in [6.07, 6.45) is 3.80. The number of nitrogen functional groups attached to an aromatic ring is 1. The Morgan fingerprint density at radius 2 is 2.29 bits per heavy atom. The van der Waals surface area contributed by atoms with Crippen LogP contribution in [0.3, 0.4) is 0 Å². The average molecular weight is 191 g/mol. The van der Waals surface area contributed by atoms with Crippen molar-refractivity contribution >= 4 is 11.5 Å². The monoisotopic (exact) mass is 191 g/mol. The van der Waals surface area contributed by atoms with Crippen molar-refractivity contribution in [3.05, 3.63) is 29.5 Å². The summed E-state index contributed by atoms with van der Waals surface area (Å²) < 4.78 is 0.